The standard InChI is InChI=1S/C9H17NS/c1-2-8-7-10-6-4-3-5-9(10)11-8/h8-9H,2-7H2,1H3. The van der Waals surface area contributed by atoms with Crippen molar-refractivity contribution < 1.29 is 0 Å². The number of nitrogens with zero attached hydrogens (tertiary/aromatic N) is 1. The summed E-state index contributed by atoms with van der Waals surface area (Å²) < 4.78 is 0. The molecular formula is C9H17NS. The molecule has 0 bridgehead atoms. The molecule has 2 atom stereocenters. The first kappa shape index (κ1) is 7.93. The van der Waals surface area contributed by atoms with Gasteiger partial charge in [0.25, 0.3) is 0 Å². The molecule has 0 spiro atoms. The lowest BCUT2D eigenvalue weighted by atomic mass is 10.1. The first-order valence-electron chi connectivity index (χ1n) is 4.79. The monoisotopic (exact) mass is 171 g/mol. The smallest absolute Gasteiger partial charge is 0.0560 e. The lowest BCUT2D eigenvalue weighted by molar-refractivity contribution is 0.224. The predicted octanol–water partition coefficient (Wildman–Crippen LogP) is 2.32. The van der Waals surface area contributed by atoms with Crippen molar-refractivity contribution in [2.24, 2.45) is 0 Å². The summed E-state index contributed by atoms with van der Waals surface area (Å²) in [6.45, 7) is 5.05. The molecule has 64 valence electrons. The Bertz CT molecular complexity index is 124. The van der Waals surface area contributed by atoms with Crippen LogP contribution in [-0.4, -0.2) is 28.6 Å². The minimum absolute atomic E-state index is 0.897. The molecule has 1 nitrogen and oxygen atoms in total. The van der Waals surface area contributed by atoms with E-state index in [2.05, 4.69) is 23.6 Å². The zero-order chi connectivity index (χ0) is 7.68. The molecule has 2 aliphatic heterocycles. The van der Waals surface area contributed by atoms with E-state index in [1.165, 1.54) is 38.8 Å². The highest BCUT2D eigenvalue weighted by Crippen LogP contribution is 2.37. The van der Waals surface area contributed by atoms with E-state index in [0.717, 1.165) is 10.6 Å². The van der Waals surface area contributed by atoms with Crippen LogP contribution in [0.25, 0.3) is 0 Å². The van der Waals surface area contributed by atoms with Crippen LogP contribution in [0.1, 0.15) is 32.6 Å². The Hall–Kier alpha value is 0.310. The fourth-order valence-electron chi connectivity index (χ4n) is 2.08. The summed E-state index contributed by atoms with van der Waals surface area (Å²) in [6.07, 6.45) is 5.71. The molecule has 2 rings (SSSR count). The summed E-state index contributed by atoms with van der Waals surface area (Å²) in [5, 5.41) is 1.84. The molecule has 2 saturated heterocycles. The summed E-state index contributed by atoms with van der Waals surface area (Å²) in [6, 6.07) is 0. The van der Waals surface area contributed by atoms with Gasteiger partial charge in [0, 0.05) is 11.8 Å². The largest absolute Gasteiger partial charge is 0.290 e. The SMILES string of the molecule is CCC1CN2CCCCC2S1. The van der Waals surface area contributed by atoms with E-state index in [4.69, 9.17) is 0 Å². The Morgan fingerprint density at radius 1 is 1.45 bits per heavy atom. The third-order valence-corrected chi connectivity index (χ3v) is 4.51. The van der Waals surface area contributed by atoms with Gasteiger partial charge >= 0.3 is 0 Å². The van der Waals surface area contributed by atoms with E-state index in [0.29, 0.717) is 0 Å². The molecular weight excluding hydrogens is 154 g/mol. The molecule has 0 aromatic heterocycles. The molecule has 2 aliphatic rings. The molecule has 2 heterocycles. The third-order valence-electron chi connectivity index (χ3n) is 2.80. The Labute approximate surface area is 73.5 Å². The van der Waals surface area contributed by atoms with Crippen molar-refractivity contribution in [3.05, 3.63) is 0 Å². The summed E-state index contributed by atoms with van der Waals surface area (Å²) in [7, 11) is 0. The summed E-state index contributed by atoms with van der Waals surface area (Å²) in [5.74, 6) is 0. The van der Waals surface area contributed by atoms with Gasteiger partial charge in [0.2, 0.25) is 0 Å². The van der Waals surface area contributed by atoms with Crippen molar-refractivity contribution >= 4 is 11.8 Å². The van der Waals surface area contributed by atoms with Crippen LogP contribution in [-0.2, 0) is 0 Å². The number of thioether (sulfide) groups is 1. The molecule has 2 heteroatoms. The van der Waals surface area contributed by atoms with Crippen molar-refractivity contribution in [3.8, 4) is 0 Å². The number of fused-ring (bicyclic) bond motifs is 1. The highest BCUT2D eigenvalue weighted by atomic mass is 32.2. The van der Waals surface area contributed by atoms with E-state index >= 15 is 0 Å². The van der Waals surface area contributed by atoms with E-state index < -0.39 is 0 Å². The van der Waals surface area contributed by atoms with E-state index in [-0.39, 0.29) is 0 Å². The van der Waals surface area contributed by atoms with Crippen molar-refractivity contribution in [2.45, 2.75) is 43.2 Å². The molecule has 0 aromatic rings. The van der Waals surface area contributed by atoms with Gasteiger partial charge in [-0.3, -0.25) is 4.90 Å². The highest BCUT2D eigenvalue weighted by Gasteiger charge is 2.32. The second-order valence-electron chi connectivity index (χ2n) is 3.61. The van der Waals surface area contributed by atoms with Gasteiger partial charge in [0.15, 0.2) is 0 Å². The van der Waals surface area contributed by atoms with Crippen molar-refractivity contribution in [3.63, 3.8) is 0 Å². The molecule has 0 amide bonds. The average molecular weight is 171 g/mol. The number of hydrogen-bond acceptors (Lipinski definition) is 2. The second-order valence-corrected chi connectivity index (χ2v) is 5.09. The van der Waals surface area contributed by atoms with Gasteiger partial charge in [-0.05, 0) is 32.2 Å². The van der Waals surface area contributed by atoms with Gasteiger partial charge in [0.1, 0.15) is 0 Å². The lowest BCUT2D eigenvalue weighted by Crippen LogP contribution is -2.33. The van der Waals surface area contributed by atoms with Crippen LogP contribution in [0.2, 0.25) is 0 Å². The molecule has 11 heavy (non-hydrogen) atoms. The first-order valence-corrected chi connectivity index (χ1v) is 5.74. The van der Waals surface area contributed by atoms with Crippen molar-refractivity contribution in [1.82, 2.24) is 4.90 Å². The number of hydrogen-bond donors (Lipinski definition) is 0. The number of rotatable bonds is 1. The maximum Gasteiger partial charge on any atom is 0.0560 e. The quantitative estimate of drug-likeness (QED) is 0.595. The van der Waals surface area contributed by atoms with Gasteiger partial charge in [-0.2, -0.15) is 0 Å². The maximum atomic E-state index is 2.68. The van der Waals surface area contributed by atoms with Crippen LogP contribution in [0.5, 0.6) is 0 Å². The zero-order valence-electron chi connectivity index (χ0n) is 7.25. The zero-order valence-corrected chi connectivity index (χ0v) is 8.07. The molecule has 0 saturated carbocycles. The molecule has 2 unspecified atom stereocenters. The van der Waals surface area contributed by atoms with Crippen molar-refractivity contribution in [2.75, 3.05) is 13.1 Å². The Kier molecular flexibility index (Phi) is 2.42. The third kappa shape index (κ3) is 1.57. The van der Waals surface area contributed by atoms with Crippen LogP contribution >= 0.6 is 11.8 Å². The van der Waals surface area contributed by atoms with E-state index in [9.17, 15) is 0 Å². The Morgan fingerprint density at radius 2 is 2.36 bits per heavy atom. The summed E-state index contributed by atoms with van der Waals surface area (Å²) in [4.78, 5) is 2.68. The van der Waals surface area contributed by atoms with E-state index in [1.54, 1.807) is 0 Å². The highest BCUT2D eigenvalue weighted by molar-refractivity contribution is 8.00. The van der Waals surface area contributed by atoms with Gasteiger partial charge in [-0.25, -0.2) is 0 Å². The summed E-state index contributed by atoms with van der Waals surface area (Å²) in [5.41, 5.74) is 0. The number of piperidine rings is 1. The molecule has 0 N–H and O–H groups in total. The van der Waals surface area contributed by atoms with E-state index in [1.807, 2.05) is 0 Å². The Balaban J connectivity index is 1.92. The van der Waals surface area contributed by atoms with Crippen molar-refractivity contribution in [1.29, 1.82) is 0 Å². The van der Waals surface area contributed by atoms with Crippen LogP contribution < -0.4 is 0 Å². The topological polar surface area (TPSA) is 3.24 Å². The second kappa shape index (κ2) is 3.36. The average Bonchev–Trinajstić information content (AvgIpc) is 2.46. The van der Waals surface area contributed by atoms with Gasteiger partial charge in [-0.1, -0.05) is 6.92 Å². The molecule has 0 aromatic carbocycles. The molecule has 2 fully saturated rings. The van der Waals surface area contributed by atoms with Gasteiger partial charge < -0.3 is 0 Å². The lowest BCUT2D eigenvalue weighted by Gasteiger charge is -2.27. The fourth-order valence-corrected chi connectivity index (χ4v) is 3.66. The molecule has 0 radical (unpaired) electrons. The van der Waals surface area contributed by atoms with Crippen LogP contribution in [0, 0.1) is 0 Å². The maximum absolute atomic E-state index is 2.68. The summed E-state index contributed by atoms with van der Waals surface area (Å²) >= 11 is 2.22. The molecule has 0 aliphatic carbocycles. The minimum atomic E-state index is 0.897. The normalized spacial score (nSPS) is 39.0. The first-order chi connectivity index (χ1) is 5.40. The van der Waals surface area contributed by atoms with Gasteiger partial charge in [0.05, 0.1) is 5.37 Å². The van der Waals surface area contributed by atoms with Crippen LogP contribution in [0.3, 0.4) is 0 Å². The fraction of sp³-hybridized carbons (Fsp3) is 1.00. The predicted molar refractivity (Wildman–Crippen MR) is 50.9 cm³/mol. The van der Waals surface area contributed by atoms with Crippen LogP contribution in [0.15, 0.2) is 0 Å². The Morgan fingerprint density at radius 3 is 3.09 bits per heavy atom. The van der Waals surface area contributed by atoms with Gasteiger partial charge in [-0.15, -0.1) is 11.8 Å². The van der Waals surface area contributed by atoms with Crippen LogP contribution in [0.4, 0.5) is 0 Å². The minimum Gasteiger partial charge on any atom is -0.290 e.